The van der Waals surface area contributed by atoms with Crippen molar-refractivity contribution in [1.29, 1.82) is 0 Å². The molecule has 0 saturated carbocycles. The van der Waals surface area contributed by atoms with Crippen LogP contribution >= 0.6 is 0 Å². The molecule has 0 radical (unpaired) electrons. The van der Waals surface area contributed by atoms with Gasteiger partial charge < -0.3 is 9.80 Å². The summed E-state index contributed by atoms with van der Waals surface area (Å²) in [5.74, 6) is 0. The molecule has 2 nitrogen and oxygen atoms in total. The van der Waals surface area contributed by atoms with E-state index < -0.39 is 5.41 Å². The molecule has 0 atom stereocenters. The van der Waals surface area contributed by atoms with Crippen molar-refractivity contribution < 1.29 is 0 Å². The molecule has 0 aromatic heterocycles. The van der Waals surface area contributed by atoms with Gasteiger partial charge >= 0.3 is 0 Å². The maximum Gasteiger partial charge on any atom is 0.0726 e. The van der Waals surface area contributed by atoms with E-state index in [-0.39, 0.29) is 0 Å². The van der Waals surface area contributed by atoms with E-state index in [0.717, 1.165) is 56.4 Å². The predicted molar refractivity (Wildman–Crippen MR) is 321 cm³/mol. The van der Waals surface area contributed by atoms with E-state index in [9.17, 15) is 0 Å². The molecule has 76 heavy (non-hydrogen) atoms. The van der Waals surface area contributed by atoms with E-state index in [2.05, 4.69) is 315 Å². The Morgan fingerprint density at radius 3 is 1.12 bits per heavy atom. The van der Waals surface area contributed by atoms with Gasteiger partial charge in [0.15, 0.2) is 0 Å². The summed E-state index contributed by atoms with van der Waals surface area (Å²) in [6, 6.07) is 102. The minimum absolute atomic E-state index is 0.526. The van der Waals surface area contributed by atoms with E-state index in [1.54, 1.807) is 0 Å². The minimum Gasteiger partial charge on any atom is -0.311 e. The smallest absolute Gasteiger partial charge is 0.0726 e. The first-order valence-electron chi connectivity index (χ1n) is 26.2. The Kier molecular flexibility index (Phi) is 11.9. The van der Waals surface area contributed by atoms with Crippen LogP contribution in [-0.4, -0.2) is 0 Å². The third-order valence-electron chi connectivity index (χ3n) is 15.5. The van der Waals surface area contributed by atoms with Crippen LogP contribution in [0.3, 0.4) is 0 Å². The molecule has 2 aliphatic rings. The second-order valence-corrected chi connectivity index (χ2v) is 19.5. The highest BCUT2D eigenvalue weighted by Gasteiger charge is 2.54. The van der Waals surface area contributed by atoms with Crippen LogP contribution in [0, 0.1) is 0 Å². The molecule has 0 N–H and O–H groups in total. The highest BCUT2D eigenvalue weighted by atomic mass is 15.2. The molecule has 2 heteroatoms. The van der Waals surface area contributed by atoms with Gasteiger partial charge in [-0.05, 0) is 145 Å². The molecule has 0 heterocycles. The van der Waals surface area contributed by atoms with Crippen molar-refractivity contribution in [2.75, 3.05) is 9.80 Å². The number of rotatable bonds is 11. The first-order valence-corrected chi connectivity index (χ1v) is 26.2. The highest BCUT2D eigenvalue weighted by molar-refractivity contribution is 6.05. The van der Waals surface area contributed by atoms with Crippen molar-refractivity contribution in [1.82, 2.24) is 0 Å². The van der Waals surface area contributed by atoms with Crippen LogP contribution < -0.4 is 9.80 Å². The Morgan fingerprint density at radius 1 is 0.316 bits per heavy atom. The maximum atomic E-state index is 4.30. The average Bonchev–Trinajstić information content (AvgIpc) is 4.05. The second kappa shape index (κ2) is 19.6. The number of allylic oxidation sites excluding steroid dienone is 5. The predicted octanol–water partition coefficient (Wildman–Crippen LogP) is 20.1. The van der Waals surface area contributed by atoms with Gasteiger partial charge in [0, 0.05) is 33.9 Å². The zero-order chi connectivity index (χ0) is 51.0. The lowest BCUT2D eigenvalue weighted by molar-refractivity contribution is 0.794. The molecule has 11 aromatic carbocycles. The standard InChI is InChI=1S/C74H54N2/c1-3-21-67-63(4-2)73-70(74(67)68-31-17-14-29-65(68)66-30-15-18-32-69(66)74)33-20-35-72(73)76(71-34-19-16-28-64(71)58-26-12-7-13-27-58)62-50-42-57(43-51-62)56-40-48-61(49-41-56)75(59-44-36-54(37-45-59)52-22-8-5-9-23-52)60-46-38-55(39-47-60)53-24-10-6-11-25-53/h3-51H,1H2,2H3/b63-4+,67-21?. The minimum atomic E-state index is -0.526. The maximum absolute atomic E-state index is 4.30. The van der Waals surface area contributed by atoms with E-state index in [1.165, 1.54) is 66.8 Å². The van der Waals surface area contributed by atoms with Gasteiger partial charge in [-0.2, -0.15) is 0 Å². The number of anilines is 6. The van der Waals surface area contributed by atoms with Crippen molar-refractivity contribution >= 4 is 39.7 Å². The molecule has 0 bridgehead atoms. The van der Waals surface area contributed by atoms with E-state index in [0.29, 0.717) is 0 Å². The Hall–Kier alpha value is -9.76. The summed E-state index contributed by atoms with van der Waals surface area (Å²) >= 11 is 0. The zero-order valence-electron chi connectivity index (χ0n) is 42.4. The Morgan fingerprint density at radius 2 is 0.671 bits per heavy atom. The normalized spacial score (nSPS) is 13.8. The molecule has 0 saturated heterocycles. The summed E-state index contributed by atoms with van der Waals surface area (Å²) in [5, 5.41) is 0. The molecule has 360 valence electrons. The summed E-state index contributed by atoms with van der Waals surface area (Å²) in [4.78, 5) is 4.83. The molecular weight excluding hydrogens is 917 g/mol. The summed E-state index contributed by atoms with van der Waals surface area (Å²) in [6.07, 6.45) is 6.53. The molecule has 0 fully saturated rings. The monoisotopic (exact) mass is 970 g/mol. The third kappa shape index (κ3) is 7.74. The fourth-order valence-corrected chi connectivity index (χ4v) is 12.1. The molecule has 0 unspecified atom stereocenters. The summed E-state index contributed by atoms with van der Waals surface area (Å²) in [5.41, 5.74) is 25.5. The lowest BCUT2D eigenvalue weighted by atomic mass is 9.70. The van der Waals surface area contributed by atoms with Gasteiger partial charge in [-0.1, -0.05) is 243 Å². The molecular formula is C74H54N2. The van der Waals surface area contributed by atoms with Crippen LogP contribution in [0.5, 0.6) is 0 Å². The van der Waals surface area contributed by atoms with Crippen LogP contribution in [0.15, 0.2) is 309 Å². The third-order valence-corrected chi connectivity index (χ3v) is 15.5. The fourth-order valence-electron chi connectivity index (χ4n) is 12.1. The molecule has 0 amide bonds. The number of para-hydroxylation sites is 1. The lowest BCUT2D eigenvalue weighted by Gasteiger charge is -2.32. The topological polar surface area (TPSA) is 6.48 Å². The number of nitrogens with zero attached hydrogens (tertiary/aromatic N) is 2. The fraction of sp³-hybridized carbons (Fsp3) is 0.0270. The number of hydrogen-bond acceptors (Lipinski definition) is 2. The number of benzene rings is 11. The molecule has 2 aliphatic carbocycles. The second-order valence-electron chi connectivity index (χ2n) is 19.5. The van der Waals surface area contributed by atoms with Gasteiger partial charge in [-0.3, -0.25) is 0 Å². The van der Waals surface area contributed by atoms with E-state index >= 15 is 0 Å². The van der Waals surface area contributed by atoms with Crippen LogP contribution in [0.2, 0.25) is 0 Å². The highest BCUT2D eigenvalue weighted by Crippen LogP contribution is 2.65. The molecule has 0 aliphatic heterocycles. The first-order chi connectivity index (χ1) is 37.6. The first kappa shape index (κ1) is 46.1. The Labute approximate surface area is 446 Å². The molecule has 13 rings (SSSR count). The number of fused-ring (bicyclic) bond motifs is 7. The quantitative estimate of drug-likeness (QED) is 0.127. The number of hydrogen-bond donors (Lipinski definition) is 0. The van der Waals surface area contributed by atoms with Gasteiger partial charge in [0.05, 0.1) is 16.8 Å². The largest absolute Gasteiger partial charge is 0.311 e. The Balaban J connectivity index is 0.920. The van der Waals surface area contributed by atoms with Crippen molar-refractivity contribution in [2.45, 2.75) is 12.3 Å². The zero-order valence-corrected chi connectivity index (χ0v) is 42.4. The SMILES string of the molecule is C=CC=C1/C(=C\C)c2c(N(c3ccc(-c4ccc(N(c5ccc(-c6ccccc6)cc5)c5ccc(-c6ccccc6)cc5)cc4)cc3)c3ccccc3-c3ccccc3)cccc2C12c1ccccc1-c1ccccc12. The van der Waals surface area contributed by atoms with Crippen LogP contribution in [-0.2, 0) is 5.41 Å². The molecule has 11 aromatic rings. The van der Waals surface area contributed by atoms with Gasteiger partial charge in [0.1, 0.15) is 0 Å². The van der Waals surface area contributed by atoms with Crippen LogP contribution in [0.25, 0.3) is 61.2 Å². The van der Waals surface area contributed by atoms with Crippen LogP contribution in [0.1, 0.15) is 29.2 Å². The van der Waals surface area contributed by atoms with Gasteiger partial charge in [-0.15, -0.1) is 0 Å². The van der Waals surface area contributed by atoms with Crippen molar-refractivity contribution in [3.05, 3.63) is 332 Å². The van der Waals surface area contributed by atoms with Gasteiger partial charge in [0.25, 0.3) is 0 Å². The Bertz CT molecular complexity index is 3840. The summed E-state index contributed by atoms with van der Waals surface area (Å²) < 4.78 is 0. The van der Waals surface area contributed by atoms with Gasteiger partial charge in [-0.25, -0.2) is 0 Å². The van der Waals surface area contributed by atoms with Crippen molar-refractivity contribution in [3.63, 3.8) is 0 Å². The van der Waals surface area contributed by atoms with Crippen LogP contribution in [0.4, 0.5) is 34.1 Å². The summed E-state index contributed by atoms with van der Waals surface area (Å²) in [6.45, 7) is 6.49. The summed E-state index contributed by atoms with van der Waals surface area (Å²) in [7, 11) is 0. The van der Waals surface area contributed by atoms with Crippen molar-refractivity contribution in [2.24, 2.45) is 0 Å². The van der Waals surface area contributed by atoms with E-state index in [4.69, 9.17) is 0 Å². The molecule has 1 spiro atoms. The van der Waals surface area contributed by atoms with E-state index in [1.807, 2.05) is 6.08 Å². The lowest BCUT2D eigenvalue weighted by Crippen LogP contribution is -2.26. The average molecular weight is 971 g/mol. The van der Waals surface area contributed by atoms with Crippen molar-refractivity contribution in [3.8, 4) is 55.6 Å². The van der Waals surface area contributed by atoms with Gasteiger partial charge in [0.2, 0.25) is 0 Å².